The summed E-state index contributed by atoms with van der Waals surface area (Å²) in [6, 6.07) is 0. The number of aliphatic hydroxyl groups is 1. The molecule has 4 rings (SSSR count). The Morgan fingerprint density at radius 2 is 1.51 bits per heavy atom. The molecular formula is C42H62O7. The monoisotopic (exact) mass is 678 g/mol. The third-order valence-corrected chi connectivity index (χ3v) is 11.9. The van der Waals surface area contributed by atoms with Crippen LogP contribution < -0.4 is 0 Å². The molecule has 6 atom stereocenters. The molecule has 0 aliphatic heterocycles. The molecule has 4 aliphatic carbocycles. The molecule has 0 saturated heterocycles. The second-order valence-corrected chi connectivity index (χ2v) is 15.2. The summed E-state index contributed by atoms with van der Waals surface area (Å²) in [4.78, 5) is 49.7. The summed E-state index contributed by atoms with van der Waals surface area (Å²) in [6.07, 6.45) is 32.7. The average Bonchev–Trinajstić information content (AvgIpc) is 3.45. The van der Waals surface area contributed by atoms with E-state index in [1.807, 2.05) is 0 Å². The second kappa shape index (κ2) is 19.6. The smallest absolute Gasteiger partial charge is 0.306 e. The predicted octanol–water partition coefficient (Wildman–Crippen LogP) is 8.88. The summed E-state index contributed by atoms with van der Waals surface area (Å²) in [5.74, 6) is -1.08. The van der Waals surface area contributed by atoms with Crippen molar-refractivity contribution in [1.82, 2.24) is 0 Å². The van der Waals surface area contributed by atoms with Gasteiger partial charge in [-0.1, -0.05) is 88.3 Å². The number of Topliss-reactive ketones (excluding diaryl/α,β-unsaturated/α-hetero) is 1. The molecule has 7 heteroatoms. The topological polar surface area (TPSA) is 107 Å². The van der Waals surface area contributed by atoms with E-state index in [0.29, 0.717) is 31.3 Å². The lowest BCUT2D eigenvalue weighted by Gasteiger charge is -2.56. The van der Waals surface area contributed by atoms with E-state index in [2.05, 4.69) is 44.2 Å². The molecule has 0 spiro atoms. The molecule has 3 fully saturated rings. The van der Waals surface area contributed by atoms with E-state index in [0.717, 1.165) is 57.8 Å². The fraction of sp³-hybridized carbons (Fsp3) is 0.714. The van der Waals surface area contributed by atoms with Crippen molar-refractivity contribution >= 4 is 23.5 Å². The molecule has 4 unspecified atom stereocenters. The van der Waals surface area contributed by atoms with Gasteiger partial charge < -0.3 is 14.6 Å². The quantitative estimate of drug-likeness (QED) is 0.0734. The van der Waals surface area contributed by atoms with E-state index in [4.69, 9.17) is 9.47 Å². The molecule has 4 aliphatic rings. The zero-order valence-corrected chi connectivity index (χ0v) is 30.3. The molecule has 3 saturated carbocycles. The zero-order valence-electron chi connectivity index (χ0n) is 30.3. The van der Waals surface area contributed by atoms with Crippen LogP contribution in [0.1, 0.15) is 142 Å². The number of ether oxygens (including phenoxy) is 2. The number of hydrogen-bond donors (Lipinski definition) is 1. The highest BCUT2D eigenvalue weighted by Crippen LogP contribution is 2.62. The van der Waals surface area contributed by atoms with Crippen molar-refractivity contribution in [3.8, 4) is 0 Å². The molecule has 0 aromatic rings. The third kappa shape index (κ3) is 10.8. The number of ketones is 2. The van der Waals surface area contributed by atoms with Crippen molar-refractivity contribution in [1.29, 1.82) is 0 Å². The number of hydrogen-bond acceptors (Lipinski definition) is 7. The van der Waals surface area contributed by atoms with Crippen molar-refractivity contribution < 1.29 is 33.8 Å². The van der Waals surface area contributed by atoms with Crippen LogP contribution in [0.25, 0.3) is 0 Å². The Bertz CT molecular complexity index is 1240. The van der Waals surface area contributed by atoms with E-state index in [-0.39, 0.29) is 42.3 Å². The van der Waals surface area contributed by atoms with Crippen LogP contribution in [0.4, 0.5) is 0 Å². The van der Waals surface area contributed by atoms with Gasteiger partial charge in [0.15, 0.2) is 11.6 Å². The minimum Gasteiger partial charge on any atom is -0.466 e. The van der Waals surface area contributed by atoms with Crippen LogP contribution in [0.3, 0.4) is 0 Å². The molecule has 0 aromatic carbocycles. The van der Waals surface area contributed by atoms with Gasteiger partial charge in [-0.25, -0.2) is 0 Å². The highest BCUT2D eigenvalue weighted by molar-refractivity contribution is 6.01. The number of allylic oxidation sites excluding steroid dienone is 8. The minimum absolute atomic E-state index is 0.0277. The van der Waals surface area contributed by atoms with Crippen LogP contribution in [-0.2, 0) is 28.7 Å². The van der Waals surface area contributed by atoms with Gasteiger partial charge in [0.05, 0.1) is 31.0 Å². The maximum absolute atomic E-state index is 13.2. The van der Waals surface area contributed by atoms with Crippen LogP contribution in [0.2, 0.25) is 0 Å². The third-order valence-electron chi connectivity index (χ3n) is 11.9. The highest BCUT2D eigenvalue weighted by Gasteiger charge is 2.61. The first-order valence-electron chi connectivity index (χ1n) is 19.5. The van der Waals surface area contributed by atoms with Crippen LogP contribution >= 0.6 is 0 Å². The molecular weight excluding hydrogens is 616 g/mol. The maximum Gasteiger partial charge on any atom is 0.306 e. The lowest BCUT2D eigenvalue weighted by molar-refractivity contribution is -0.158. The van der Waals surface area contributed by atoms with Crippen molar-refractivity contribution in [2.45, 2.75) is 148 Å². The van der Waals surface area contributed by atoms with Crippen LogP contribution in [0, 0.1) is 29.1 Å². The van der Waals surface area contributed by atoms with Gasteiger partial charge in [0.25, 0.3) is 0 Å². The first kappa shape index (κ1) is 39.0. The molecule has 0 radical (unpaired) electrons. The summed E-state index contributed by atoms with van der Waals surface area (Å²) in [6.45, 7) is 4.43. The number of fused-ring (bicyclic) bond motifs is 5. The standard InChI is InChI=1S/C42H62O7/c1-3-4-5-6-7-8-9-10-11-12-13-14-15-16-17-18-29-48-39(45)23-24-40(46)49-31-38(44)37-22-21-36-34-20-19-32-30-33(43)25-27-41(32,2)35(34)26-28-42(36,37)47/h7-8,10-11,25,27,30,34-37,47H,3-6,9,12-24,26,28-29,31H2,1-2H3/b8-7-,11-10-/t34?,35?,36?,37-,41+,42?/m1/s1. The fourth-order valence-corrected chi connectivity index (χ4v) is 9.16. The first-order chi connectivity index (χ1) is 23.7. The number of esters is 2. The van der Waals surface area contributed by atoms with E-state index in [1.54, 1.807) is 12.2 Å². The largest absolute Gasteiger partial charge is 0.466 e. The Balaban J connectivity index is 1.02. The summed E-state index contributed by atoms with van der Waals surface area (Å²) >= 11 is 0. The lowest BCUT2D eigenvalue weighted by atomic mass is 9.50. The normalized spacial score (nSPS) is 29.0. The van der Waals surface area contributed by atoms with Crippen LogP contribution in [0.5, 0.6) is 0 Å². The molecule has 1 N–H and O–H groups in total. The molecule has 7 nitrogen and oxygen atoms in total. The maximum atomic E-state index is 13.2. The molecule has 0 bridgehead atoms. The number of rotatable bonds is 21. The van der Waals surface area contributed by atoms with Gasteiger partial charge in [-0.05, 0) is 107 Å². The average molecular weight is 679 g/mol. The summed E-state index contributed by atoms with van der Waals surface area (Å²) < 4.78 is 10.6. The Hall–Kier alpha value is -2.80. The highest BCUT2D eigenvalue weighted by atomic mass is 16.5. The van der Waals surface area contributed by atoms with Gasteiger partial charge in [0.2, 0.25) is 0 Å². The molecule has 49 heavy (non-hydrogen) atoms. The predicted molar refractivity (Wildman–Crippen MR) is 192 cm³/mol. The van der Waals surface area contributed by atoms with Gasteiger partial charge in [-0.3, -0.25) is 19.2 Å². The van der Waals surface area contributed by atoms with Crippen molar-refractivity contribution in [2.75, 3.05) is 13.2 Å². The van der Waals surface area contributed by atoms with E-state index in [1.165, 1.54) is 50.5 Å². The zero-order chi connectivity index (χ0) is 35.1. The Labute approximate surface area is 295 Å². The van der Waals surface area contributed by atoms with Crippen LogP contribution in [0.15, 0.2) is 48.1 Å². The Kier molecular flexibility index (Phi) is 15.6. The van der Waals surface area contributed by atoms with E-state index < -0.39 is 23.5 Å². The summed E-state index contributed by atoms with van der Waals surface area (Å²) in [7, 11) is 0. The number of carbonyl (C=O) groups is 4. The van der Waals surface area contributed by atoms with Crippen LogP contribution in [-0.4, -0.2) is 47.4 Å². The SMILES string of the molecule is CCCCC/C=C\C/C=C\CCCCCCCCOC(=O)CCC(=O)OCC(=O)[C@H]1CCC2C3CCC4=CC(=O)C=C[C@]4(C)C3CCC21O. The fourth-order valence-electron chi connectivity index (χ4n) is 9.16. The Morgan fingerprint density at radius 1 is 0.837 bits per heavy atom. The molecule has 0 amide bonds. The first-order valence-corrected chi connectivity index (χ1v) is 19.5. The summed E-state index contributed by atoms with van der Waals surface area (Å²) in [5.41, 5.74) is -0.0492. The van der Waals surface area contributed by atoms with E-state index >= 15 is 0 Å². The number of unbranched alkanes of at least 4 members (excludes halogenated alkanes) is 9. The van der Waals surface area contributed by atoms with Crippen molar-refractivity contribution in [2.24, 2.45) is 29.1 Å². The molecule has 0 heterocycles. The lowest BCUT2D eigenvalue weighted by Crippen LogP contribution is -2.55. The van der Waals surface area contributed by atoms with Gasteiger partial charge >= 0.3 is 11.9 Å². The van der Waals surface area contributed by atoms with Gasteiger partial charge in [-0.15, -0.1) is 0 Å². The van der Waals surface area contributed by atoms with Gasteiger partial charge in [-0.2, -0.15) is 0 Å². The Morgan fingerprint density at radius 3 is 2.24 bits per heavy atom. The van der Waals surface area contributed by atoms with E-state index in [9.17, 15) is 24.3 Å². The van der Waals surface area contributed by atoms with Gasteiger partial charge in [0.1, 0.15) is 6.61 Å². The molecule has 0 aromatic heterocycles. The van der Waals surface area contributed by atoms with Crippen molar-refractivity contribution in [3.05, 3.63) is 48.1 Å². The second-order valence-electron chi connectivity index (χ2n) is 15.2. The molecule has 272 valence electrons. The van der Waals surface area contributed by atoms with Gasteiger partial charge in [0, 0.05) is 5.41 Å². The van der Waals surface area contributed by atoms with Crippen molar-refractivity contribution in [3.63, 3.8) is 0 Å². The minimum atomic E-state index is -1.08. The number of carbonyl (C=O) groups excluding carboxylic acids is 4. The summed E-state index contributed by atoms with van der Waals surface area (Å²) in [5, 5.41) is 11.9.